The third-order valence-corrected chi connectivity index (χ3v) is 2.57. The first-order valence-electron chi connectivity index (χ1n) is 5.44. The van der Waals surface area contributed by atoms with Crippen molar-refractivity contribution in [2.45, 2.75) is 53.6 Å². The van der Waals surface area contributed by atoms with Crippen LogP contribution in [0.4, 0.5) is 0 Å². The number of hydrogen-bond donors (Lipinski definition) is 1. The van der Waals surface area contributed by atoms with Crippen LogP contribution in [0, 0.1) is 24.2 Å². The summed E-state index contributed by atoms with van der Waals surface area (Å²) in [6.07, 6.45) is 4.05. The van der Waals surface area contributed by atoms with E-state index < -0.39 is 0 Å². The van der Waals surface area contributed by atoms with Gasteiger partial charge in [0, 0.05) is 0 Å². The van der Waals surface area contributed by atoms with Crippen LogP contribution in [0.5, 0.6) is 0 Å². The van der Waals surface area contributed by atoms with Gasteiger partial charge in [-0.05, 0) is 37.0 Å². The minimum atomic E-state index is -0.227. The molecular formula is C12H25O. The second-order valence-electron chi connectivity index (χ2n) is 4.77. The third-order valence-electron chi connectivity index (χ3n) is 2.57. The van der Waals surface area contributed by atoms with Crippen molar-refractivity contribution in [2.75, 3.05) is 0 Å². The summed E-state index contributed by atoms with van der Waals surface area (Å²) in [6, 6.07) is 0. The van der Waals surface area contributed by atoms with Gasteiger partial charge in [-0.2, -0.15) is 0 Å². The maximum Gasteiger partial charge on any atom is 0.0594 e. The molecule has 0 saturated heterocycles. The molecule has 3 unspecified atom stereocenters. The van der Waals surface area contributed by atoms with Gasteiger partial charge in [0.15, 0.2) is 0 Å². The van der Waals surface area contributed by atoms with Crippen molar-refractivity contribution in [3.8, 4) is 0 Å². The molecule has 1 nitrogen and oxygen atoms in total. The topological polar surface area (TPSA) is 20.2 Å². The van der Waals surface area contributed by atoms with E-state index in [9.17, 15) is 5.11 Å². The molecular weight excluding hydrogens is 160 g/mol. The van der Waals surface area contributed by atoms with E-state index in [0.29, 0.717) is 5.92 Å². The van der Waals surface area contributed by atoms with Gasteiger partial charge in [-0.3, -0.25) is 0 Å². The van der Waals surface area contributed by atoms with E-state index in [-0.39, 0.29) is 6.10 Å². The van der Waals surface area contributed by atoms with Gasteiger partial charge in [-0.15, -0.1) is 0 Å². The van der Waals surface area contributed by atoms with E-state index in [1.54, 1.807) is 0 Å². The highest BCUT2D eigenvalue weighted by Crippen LogP contribution is 2.22. The van der Waals surface area contributed by atoms with Crippen LogP contribution in [-0.2, 0) is 0 Å². The van der Waals surface area contributed by atoms with Gasteiger partial charge in [0.1, 0.15) is 0 Å². The summed E-state index contributed by atoms with van der Waals surface area (Å²) in [5, 5.41) is 9.55. The van der Waals surface area contributed by atoms with Crippen LogP contribution in [-0.4, -0.2) is 11.2 Å². The zero-order chi connectivity index (χ0) is 10.4. The fraction of sp³-hybridized carbons (Fsp3) is 0.917. The standard InChI is InChI=1S/C12H25O/c1-6-12(13)11(5)8-10(4)7-9(2)3/h6,9-13H,7-8H2,1-5H3. The van der Waals surface area contributed by atoms with Gasteiger partial charge in [0.2, 0.25) is 0 Å². The summed E-state index contributed by atoms with van der Waals surface area (Å²) in [5.74, 6) is 1.90. The van der Waals surface area contributed by atoms with E-state index >= 15 is 0 Å². The van der Waals surface area contributed by atoms with E-state index in [1.165, 1.54) is 6.42 Å². The second kappa shape index (κ2) is 6.42. The summed E-state index contributed by atoms with van der Waals surface area (Å²) in [6.45, 7) is 10.8. The minimum absolute atomic E-state index is 0.227. The molecule has 0 aromatic heterocycles. The van der Waals surface area contributed by atoms with Crippen molar-refractivity contribution in [2.24, 2.45) is 17.8 Å². The quantitative estimate of drug-likeness (QED) is 0.673. The summed E-state index contributed by atoms with van der Waals surface area (Å²) in [5.41, 5.74) is 0. The van der Waals surface area contributed by atoms with Gasteiger partial charge in [0.05, 0.1) is 6.10 Å². The molecule has 0 aromatic rings. The lowest BCUT2D eigenvalue weighted by Crippen LogP contribution is -2.19. The normalized spacial score (nSPS) is 18.7. The van der Waals surface area contributed by atoms with Crippen molar-refractivity contribution in [3.63, 3.8) is 0 Å². The first-order chi connectivity index (χ1) is 5.97. The smallest absolute Gasteiger partial charge is 0.0594 e. The summed E-state index contributed by atoms with van der Waals surface area (Å²) in [4.78, 5) is 0. The number of rotatable bonds is 6. The Morgan fingerprint density at radius 1 is 1.08 bits per heavy atom. The lowest BCUT2D eigenvalue weighted by molar-refractivity contribution is 0.129. The van der Waals surface area contributed by atoms with Crippen molar-refractivity contribution in [1.82, 2.24) is 0 Å². The van der Waals surface area contributed by atoms with Crippen LogP contribution in [0.15, 0.2) is 0 Å². The lowest BCUT2D eigenvalue weighted by atomic mass is 9.87. The Hall–Kier alpha value is -0.0400. The molecule has 0 aromatic carbocycles. The van der Waals surface area contributed by atoms with Gasteiger partial charge in [0.25, 0.3) is 0 Å². The molecule has 0 rings (SSSR count). The van der Waals surface area contributed by atoms with Gasteiger partial charge >= 0.3 is 0 Å². The van der Waals surface area contributed by atoms with Crippen LogP contribution < -0.4 is 0 Å². The Morgan fingerprint density at radius 3 is 2.00 bits per heavy atom. The van der Waals surface area contributed by atoms with Gasteiger partial charge < -0.3 is 5.11 Å². The molecule has 0 spiro atoms. The largest absolute Gasteiger partial charge is 0.393 e. The van der Waals surface area contributed by atoms with Crippen molar-refractivity contribution >= 4 is 0 Å². The molecule has 3 atom stereocenters. The zero-order valence-corrected chi connectivity index (χ0v) is 9.75. The lowest BCUT2D eigenvalue weighted by Gasteiger charge is -2.22. The average Bonchev–Trinajstić information content (AvgIpc) is 2.01. The Morgan fingerprint density at radius 2 is 1.62 bits per heavy atom. The minimum Gasteiger partial charge on any atom is -0.393 e. The van der Waals surface area contributed by atoms with E-state index in [0.717, 1.165) is 18.3 Å². The summed E-state index contributed by atoms with van der Waals surface area (Å²) in [7, 11) is 0. The SMILES string of the molecule is C[CH]C(O)C(C)CC(C)CC(C)C. The first kappa shape index (κ1) is 13.0. The molecule has 0 saturated carbocycles. The molecule has 0 aliphatic carbocycles. The van der Waals surface area contributed by atoms with Gasteiger partial charge in [-0.25, -0.2) is 0 Å². The van der Waals surface area contributed by atoms with E-state index in [1.807, 2.05) is 13.3 Å². The van der Waals surface area contributed by atoms with Crippen LogP contribution in [0.1, 0.15) is 47.5 Å². The molecule has 0 fully saturated rings. The van der Waals surface area contributed by atoms with Crippen molar-refractivity contribution < 1.29 is 5.11 Å². The van der Waals surface area contributed by atoms with Crippen LogP contribution in [0.3, 0.4) is 0 Å². The molecule has 13 heavy (non-hydrogen) atoms. The van der Waals surface area contributed by atoms with E-state index in [4.69, 9.17) is 0 Å². The van der Waals surface area contributed by atoms with Gasteiger partial charge in [-0.1, -0.05) is 34.6 Å². The predicted molar refractivity (Wildman–Crippen MR) is 58.4 cm³/mol. The fourth-order valence-corrected chi connectivity index (χ4v) is 2.00. The number of aliphatic hydroxyl groups is 1. The maximum absolute atomic E-state index is 9.55. The molecule has 1 radical (unpaired) electrons. The van der Waals surface area contributed by atoms with E-state index in [2.05, 4.69) is 27.7 Å². The van der Waals surface area contributed by atoms with Crippen LogP contribution in [0.2, 0.25) is 0 Å². The molecule has 0 aliphatic rings. The highest BCUT2D eigenvalue weighted by atomic mass is 16.3. The molecule has 1 N–H and O–H groups in total. The molecule has 1 heteroatoms. The fourth-order valence-electron chi connectivity index (χ4n) is 2.00. The molecule has 0 bridgehead atoms. The first-order valence-corrected chi connectivity index (χ1v) is 5.44. The van der Waals surface area contributed by atoms with Crippen molar-refractivity contribution in [1.29, 1.82) is 0 Å². The monoisotopic (exact) mass is 185 g/mol. The Balaban J connectivity index is 3.70. The average molecular weight is 185 g/mol. The number of hydrogen-bond acceptors (Lipinski definition) is 1. The van der Waals surface area contributed by atoms with Crippen molar-refractivity contribution in [3.05, 3.63) is 6.42 Å². The Bertz CT molecular complexity index is 120. The Labute approximate surface area is 83.5 Å². The molecule has 0 aliphatic heterocycles. The second-order valence-corrected chi connectivity index (χ2v) is 4.77. The highest BCUT2D eigenvalue weighted by Gasteiger charge is 2.16. The molecule has 0 amide bonds. The molecule has 0 heterocycles. The predicted octanol–water partition coefficient (Wildman–Crippen LogP) is 3.28. The number of aliphatic hydroxyl groups excluding tert-OH is 1. The zero-order valence-electron chi connectivity index (χ0n) is 9.75. The Kier molecular flexibility index (Phi) is 6.40. The van der Waals surface area contributed by atoms with Crippen LogP contribution >= 0.6 is 0 Å². The highest BCUT2D eigenvalue weighted by molar-refractivity contribution is 4.76. The maximum atomic E-state index is 9.55. The van der Waals surface area contributed by atoms with Crippen LogP contribution in [0.25, 0.3) is 0 Å². The summed E-state index contributed by atoms with van der Waals surface area (Å²) >= 11 is 0. The summed E-state index contributed by atoms with van der Waals surface area (Å²) < 4.78 is 0. The third kappa shape index (κ3) is 6.09. The molecule has 79 valence electrons.